The molecule has 0 aliphatic carbocycles. The monoisotopic (exact) mass is 756 g/mol. The molecular formula is C28H26I2N2O5S. The average Bonchev–Trinajstić information content (AvgIpc) is 3.17. The molecule has 2 heterocycles. The molecule has 1 atom stereocenters. The van der Waals surface area contributed by atoms with E-state index in [1.54, 1.807) is 24.5 Å². The smallest absolute Gasteiger partial charge is 0.338 e. The molecule has 0 spiro atoms. The number of halogens is 2. The predicted octanol–water partition coefficient (Wildman–Crippen LogP) is 4.97. The van der Waals surface area contributed by atoms with Gasteiger partial charge in [0, 0.05) is 0 Å². The molecule has 1 aliphatic heterocycles. The van der Waals surface area contributed by atoms with Gasteiger partial charge in [-0.2, -0.15) is 0 Å². The van der Waals surface area contributed by atoms with Crippen molar-refractivity contribution in [2.75, 3.05) is 19.8 Å². The summed E-state index contributed by atoms with van der Waals surface area (Å²) in [7, 11) is 0. The minimum Gasteiger partial charge on any atom is -0.494 e. The second-order valence-electron chi connectivity index (χ2n) is 8.22. The minimum atomic E-state index is -0.668. The van der Waals surface area contributed by atoms with Crippen molar-refractivity contribution in [3.8, 4) is 11.5 Å². The standard InChI is InChI=1S/C28H26I2N2O5S/c1-5-12-37-25-20(29)13-17(14-21(25)30)15-22-26(33)32-24(18-8-10-19(11-9-18)35-6-2)23(27(34)36-7-3)16(4)31-28(32)38-22/h5,8-11,13-15,24H,1,6-7,12H2,2-4H3/b22-15-/t24-/m0/s1. The molecule has 0 saturated carbocycles. The fourth-order valence-electron chi connectivity index (χ4n) is 4.11. The Morgan fingerprint density at radius 1 is 1.13 bits per heavy atom. The highest BCUT2D eigenvalue weighted by atomic mass is 127. The molecule has 198 valence electrons. The highest BCUT2D eigenvalue weighted by molar-refractivity contribution is 14.1. The van der Waals surface area contributed by atoms with Crippen LogP contribution in [0.2, 0.25) is 0 Å². The summed E-state index contributed by atoms with van der Waals surface area (Å²) in [6.07, 6.45) is 3.55. The van der Waals surface area contributed by atoms with Gasteiger partial charge in [0.05, 0.1) is 42.2 Å². The number of benzene rings is 2. The van der Waals surface area contributed by atoms with E-state index < -0.39 is 12.0 Å². The van der Waals surface area contributed by atoms with Crippen LogP contribution in [0, 0.1) is 7.14 Å². The number of thiazole rings is 1. The molecule has 1 aliphatic rings. The number of allylic oxidation sites excluding steroid dienone is 1. The number of fused-ring (bicyclic) bond motifs is 1. The average molecular weight is 756 g/mol. The zero-order valence-electron chi connectivity index (χ0n) is 21.1. The number of carbonyl (C=O) groups excluding carboxylic acids is 1. The first-order valence-electron chi connectivity index (χ1n) is 11.9. The third-order valence-electron chi connectivity index (χ3n) is 5.69. The zero-order chi connectivity index (χ0) is 27.4. The molecule has 0 N–H and O–H groups in total. The Kier molecular flexibility index (Phi) is 9.47. The fourth-order valence-corrected chi connectivity index (χ4v) is 7.29. The van der Waals surface area contributed by atoms with Crippen molar-refractivity contribution in [2.45, 2.75) is 26.8 Å². The van der Waals surface area contributed by atoms with Crippen molar-refractivity contribution in [1.82, 2.24) is 4.57 Å². The molecule has 0 fully saturated rings. The van der Waals surface area contributed by atoms with E-state index in [1.165, 1.54) is 11.3 Å². The van der Waals surface area contributed by atoms with Crippen LogP contribution in [0.1, 0.15) is 37.9 Å². The largest absolute Gasteiger partial charge is 0.494 e. The lowest BCUT2D eigenvalue weighted by Crippen LogP contribution is -2.39. The van der Waals surface area contributed by atoms with E-state index in [-0.39, 0.29) is 12.2 Å². The van der Waals surface area contributed by atoms with E-state index in [9.17, 15) is 9.59 Å². The lowest BCUT2D eigenvalue weighted by Gasteiger charge is -2.24. The molecular weight excluding hydrogens is 730 g/mol. The molecule has 1 aromatic heterocycles. The van der Waals surface area contributed by atoms with Gasteiger partial charge in [-0.15, -0.1) is 0 Å². The molecule has 2 aromatic carbocycles. The lowest BCUT2D eigenvalue weighted by atomic mass is 9.96. The summed E-state index contributed by atoms with van der Waals surface area (Å²) in [5, 5.41) is 0. The number of rotatable bonds is 9. The van der Waals surface area contributed by atoms with Gasteiger partial charge in [0.2, 0.25) is 0 Å². The number of ether oxygens (including phenoxy) is 3. The Labute approximate surface area is 251 Å². The number of hydrogen-bond donors (Lipinski definition) is 0. The van der Waals surface area contributed by atoms with Crippen molar-refractivity contribution >= 4 is 68.6 Å². The normalized spacial score (nSPS) is 15.1. The van der Waals surface area contributed by atoms with Crippen LogP contribution in [-0.2, 0) is 9.53 Å². The molecule has 0 unspecified atom stereocenters. The number of hydrogen-bond acceptors (Lipinski definition) is 7. The van der Waals surface area contributed by atoms with Crippen LogP contribution in [-0.4, -0.2) is 30.4 Å². The fraction of sp³-hybridized carbons (Fsp3) is 0.250. The van der Waals surface area contributed by atoms with Gasteiger partial charge < -0.3 is 14.2 Å². The van der Waals surface area contributed by atoms with Gasteiger partial charge in [-0.3, -0.25) is 9.36 Å². The SMILES string of the molecule is C=CCOc1c(I)cc(/C=c2\sc3n(c2=O)[C@@H](c2ccc(OCC)cc2)C(C(=O)OCC)=C(C)N=3)cc1I. The Bertz CT molecular complexity index is 1570. The Balaban J connectivity index is 1.87. The van der Waals surface area contributed by atoms with Gasteiger partial charge in [0.25, 0.3) is 5.56 Å². The van der Waals surface area contributed by atoms with Gasteiger partial charge >= 0.3 is 5.97 Å². The van der Waals surface area contributed by atoms with Crippen molar-refractivity contribution in [3.05, 3.63) is 98.3 Å². The van der Waals surface area contributed by atoms with Crippen LogP contribution in [0.15, 0.2) is 70.1 Å². The second kappa shape index (κ2) is 12.6. The maximum atomic E-state index is 13.8. The third kappa shape index (κ3) is 5.91. The van der Waals surface area contributed by atoms with Crippen LogP contribution in [0.5, 0.6) is 11.5 Å². The Morgan fingerprint density at radius 2 is 1.82 bits per heavy atom. The van der Waals surface area contributed by atoms with Crippen LogP contribution >= 0.6 is 56.5 Å². The number of esters is 1. The van der Waals surface area contributed by atoms with Gasteiger partial charge in [-0.1, -0.05) is 36.1 Å². The highest BCUT2D eigenvalue weighted by Crippen LogP contribution is 2.32. The van der Waals surface area contributed by atoms with Crippen molar-refractivity contribution in [2.24, 2.45) is 4.99 Å². The molecule has 38 heavy (non-hydrogen) atoms. The number of nitrogens with zero attached hydrogens (tertiary/aromatic N) is 2. The molecule has 7 nitrogen and oxygen atoms in total. The maximum Gasteiger partial charge on any atom is 0.338 e. The van der Waals surface area contributed by atoms with Crippen LogP contribution in [0.3, 0.4) is 0 Å². The summed E-state index contributed by atoms with van der Waals surface area (Å²) < 4.78 is 20.7. The topological polar surface area (TPSA) is 79.1 Å². The third-order valence-corrected chi connectivity index (χ3v) is 8.27. The molecule has 3 aromatic rings. The maximum absolute atomic E-state index is 13.8. The van der Waals surface area contributed by atoms with Crippen molar-refractivity contribution in [3.63, 3.8) is 0 Å². The van der Waals surface area contributed by atoms with Crippen LogP contribution in [0.4, 0.5) is 0 Å². The molecule has 0 radical (unpaired) electrons. The first-order valence-corrected chi connectivity index (χ1v) is 14.9. The van der Waals surface area contributed by atoms with E-state index in [4.69, 9.17) is 14.2 Å². The van der Waals surface area contributed by atoms with Gasteiger partial charge in [0.1, 0.15) is 18.1 Å². The Hall–Kier alpha value is -2.45. The summed E-state index contributed by atoms with van der Waals surface area (Å²) >= 11 is 5.75. The van der Waals surface area contributed by atoms with Crippen molar-refractivity contribution in [1.29, 1.82) is 0 Å². The molecule has 0 amide bonds. The van der Waals surface area contributed by atoms with Gasteiger partial charge in [0.15, 0.2) is 4.80 Å². The van der Waals surface area contributed by atoms with Crippen LogP contribution < -0.4 is 24.4 Å². The minimum absolute atomic E-state index is 0.222. The first-order chi connectivity index (χ1) is 18.3. The van der Waals surface area contributed by atoms with Crippen LogP contribution in [0.25, 0.3) is 6.08 Å². The quantitative estimate of drug-likeness (QED) is 0.175. The lowest BCUT2D eigenvalue weighted by molar-refractivity contribution is -0.139. The molecule has 0 saturated heterocycles. The number of aromatic nitrogens is 1. The van der Waals surface area contributed by atoms with Crippen molar-refractivity contribution < 1.29 is 19.0 Å². The van der Waals surface area contributed by atoms with Gasteiger partial charge in [-0.05, 0) is 107 Å². The number of carbonyl (C=O) groups is 1. The molecule has 0 bridgehead atoms. The highest BCUT2D eigenvalue weighted by Gasteiger charge is 2.33. The Morgan fingerprint density at radius 3 is 2.42 bits per heavy atom. The predicted molar refractivity (Wildman–Crippen MR) is 166 cm³/mol. The second-order valence-corrected chi connectivity index (χ2v) is 11.6. The van der Waals surface area contributed by atoms with Gasteiger partial charge in [-0.25, -0.2) is 9.79 Å². The summed E-state index contributed by atoms with van der Waals surface area (Å²) in [4.78, 5) is 32.1. The van der Waals surface area contributed by atoms with E-state index in [1.807, 2.05) is 49.4 Å². The zero-order valence-corrected chi connectivity index (χ0v) is 26.3. The van der Waals surface area contributed by atoms with E-state index >= 15 is 0 Å². The first kappa shape index (κ1) is 28.6. The van der Waals surface area contributed by atoms with E-state index in [0.29, 0.717) is 39.6 Å². The molecule has 10 heteroatoms. The summed E-state index contributed by atoms with van der Waals surface area (Å²) in [5.74, 6) is 1.02. The van der Waals surface area contributed by atoms with E-state index in [2.05, 4.69) is 56.8 Å². The summed E-state index contributed by atoms with van der Waals surface area (Å²) in [6.45, 7) is 10.3. The summed E-state index contributed by atoms with van der Waals surface area (Å²) in [5.41, 5.74) is 2.30. The van der Waals surface area contributed by atoms with E-state index in [0.717, 1.165) is 24.0 Å². The molecule has 4 rings (SSSR count). The summed E-state index contributed by atoms with van der Waals surface area (Å²) in [6, 6.07) is 10.7.